The fraction of sp³-hybridized carbons (Fsp3) is 0.429. The maximum Gasteiger partial charge on any atom is 0.0716 e. The first kappa shape index (κ1) is 21.6. The van der Waals surface area contributed by atoms with Crippen molar-refractivity contribution in [3.05, 3.63) is 84.5 Å². The van der Waals surface area contributed by atoms with Gasteiger partial charge in [0.15, 0.2) is 0 Å². The van der Waals surface area contributed by atoms with Gasteiger partial charge in [-0.05, 0) is 86.0 Å². The van der Waals surface area contributed by atoms with Crippen molar-refractivity contribution in [1.82, 2.24) is 0 Å². The zero-order valence-corrected chi connectivity index (χ0v) is 18.0. The molecule has 2 aromatic rings. The molecule has 3 rings (SSSR count). The molecule has 29 heavy (non-hydrogen) atoms. The third-order valence-electron chi connectivity index (χ3n) is 6.19. The summed E-state index contributed by atoms with van der Waals surface area (Å²) in [4.78, 5) is 0. The zero-order valence-electron chi connectivity index (χ0n) is 18.0. The Balaban J connectivity index is 1.50. The summed E-state index contributed by atoms with van der Waals surface area (Å²) in [7, 11) is 0. The second-order valence-electron chi connectivity index (χ2n) is 8.32. The van der Waals surface area contributed by atoms with E-state index in [1.807, 2.05) is 6.08 Å². The second kappa shape index (κ2) is 11.8. The third-order valence-corrected chi connectivity index (χ3v) is 6.19. The molecule has 1 saturated carbocycles. The summed E-state index contributed by atoms with van der Waals surface area (Å²) in [6.45, 7) is 7.35. The van der Waals surface area contributed by atoms with Crippen LogP contribution in [-0.2, 0) is 11.3 Å². The highest BCUT2D eigenvalue weighted by molar-refractivity contribution is 5.64. The molecule has 0 N–H and O–H groups in total. The number of rotatable bonds is 10. The molecule has 0 atom stereocenters. The predicted molar refractivity (Wildman–Crippen MR) is 125 cm³/mol. The van der Waals surface area contributed by atoms with Crippen molar-refractivity contribution in [2.45, 2.75) is 64.4 Å². The van der Waals surface area contributed by atoms with Crippen LogP contribution < -0.4 is 0 Å². The van der Waals surface area contributed by atoms with Gasteiger partial charge in [-0.1, -0.05) is 66.8 Å². The molecule has 0 bridgehead atoms. The van der Waals surface area contributed by atoms with Gasteiger partial charge in [-0.2, -0.15) is 0 Å². The molecule has 0 amide bonds. The van der Waals surface area contributed by atoms with Crippen LogP contribution in [0.5, 0.6) is 0 Å². The van der Waals surface area contributed by atoms with Gasteiger partial charge in [-0.25, -0.2) is 0 Å². The molecule has 0 aliphatic heterocycles. The highest BCUT2D eigenvalue weighted by Crippen LogP contribution is 2.37. The Morgan fingerprint density at radius 1 is 0.931 bits per heavy atom. The minimum Gasteiger partial charge on any atom is -0.377 e. The van der Waals surface area contributed by atoms with Gasteiger partial charge in [-0.15, -0.1) is 6.58 Å². The highest BCUT2D eigenvalue weighted by atomic mass is 16.5. The molecule has 1 heteroatoms. The SMILES string of the molecule is C=CCCCOCc1ccc(-c2ccc(C3CCC(CC=CC)CC3)cc2)cc1. The van der Waals surface area contributed by atoms with Crippen molar-refractivity contribution in [2.75, 3.05) is 6.61 Å². The third kappa shape index (κ3) is 6.72. The van der Waals surface area contributed by atoms with Crippen LogP contribution in [-0.4, -0.2) is 6.61 Å². The van der Waals surface area contributed by atoms with Crippen LogP contribution in [0.25, 0.3) is 11.1 Å². The van der Waals surface area contributed by atoms with Crippen molar-refractivity contribution < 1.29 is 4.74 Å². The average Bonchev–Trinajstić information content (AvgIpc) is 2.78. The molecule has 1 aliphatic carbocycles. The maximum absolute atomic E-state index is 5.73. The van der Waals surface area contributed by atoms with E-state index in [0.29, 0.717) is 6.61 Å². The minimum absolute atomic E-state index is 0.688. The molecule has 1 aliphatic rings. The van der Waals surface area contributed by atoms with Crippen molar-refractivity contribution in [3.8, 4) is 11.1 Å². The number of allylic oxidation sites excluding steroid dienone is 3. The summed E-state index contributed by atoms with van der Waals surface area (Å²) < 4.78 is 5.73. The quantitative estimate of drug-likeness (QED) is 0.295. The van der Waals surface area contributed by atoms with Crippen LogP contribution in [0.3, 0.4) is 0 Å². The lowest BCUT2D eigenvalue weighted by Gasteiger charge is -2.28. The van der Waals surface area contributed by atoms with Gasteiger partial charge >= 0.3 is 0 Å². The van der Waals surface area contributed by atoms with Crippen molar-refractivity contribution in [2.24, 2.45) is 5.92 Å². The Kier molecular flexibility index (Phi) is 8.77. The van der Waals surface area contributed by atoms with Crippen LogP contribution in [0.4, 0.5) is 0 Å². The number of hydrogen-bond donors (Lipinski definition) is 0. The number of benzene rings is 2. The first-order valence-corrected chi connectivity index (χ1v) is 11.3. The molecule has 1 nitrogen and oxygen atoms in total. The van der Waals surface area contributed by atoms with E-state index in [4.69, 9.17) is 4.74 Å². The Bertz CT molecular complexity index is 746. The van der Waals surface area contributed by atoms with E-state index >= 15 is 0 Å². The average molecular weight is 389 g/mol. The zero-order chi connectivity index (χ0) is 20.3. The summed E-state index contributed by atoms with van der Waals surface area (Å²) in [5.41, 5.74) is 5.33. The van der Waals surface area contributed by atoms with Crippen molar-refractivity contribution in [3.63, 3.8) is 0 Å². The van der Waals surface area contributed by atoms with Crippen LogP contribution in [0, 0.1) is 5.92 Å². The van der Waals surface area contributed by atoms with Gasteiger partial charge in [0.25, 0.3) is 0 Å². The van der Waals surface area contributed by atoms with E-state index in [0.717, 1.165) is 31.3 Å². The molecule has 154 valence electrons. The maximum atomic E-state index is 5.73. The van der Waals surface area contributed by atoms with E-state index in [1.54, 1.807) is 0 Å². The van der Waals surface area contributed by atoms with E-state index in [2.05, 4.69) is 74.2 Å². The minimum atomic E-state index is 0.688. The Morgan fingerprint density at radius 2 is 1.59 bits per heavy atom. The van der Waals surface area contributed by atoms with Gasteiger partial charge in [0.2, 0.25) is 0 Å². The van der Waals surface area contributed by atoms with E-state index in [-0.39, 0.29) is 0 Å². The van der Waals surface area contributed by atoms with Crippen molar-refractivity contribution >= 4 is 0 Å². The normalized spacial score (nSPS) is 19.5. The van der Waals surface area contributed by atoms with Gasteiger partial charge < -0.3 is 4.74 Å². The lowest BCUT2D eigenvalue weighted by atomic mass is 9.77. The largest absolute Gasteiger partial charge is 0.377 e. The lowest BCUT2D eigenvalue weighted by Crippen LogP contribution is -2.12. The topological polar surface area (TPSA) is 9.23 Å². The second-order valence-corrected chi connectivity index (χ2v) is 8.32. The Morgan fingerprint density at radius 3 is 2.21 bits per heavy atom. The van der Waals surface area contributed by atoms with Crippen LogP contribution in [0.2, 0.25) is 0 Å². The van der Waals surface area contributed by atoms with Crippen molar-refractivity contribution in [1.29, 1.82) is 0 Å². The molecule has 0 heterocycles. The summed E-state index contributed by atoms with van der Waals surface area (Å²) in [6, 6.07) is 18.1. The van der Waals surface area contributed by atoms with E-state index < -0.39 is 0 Å². The summed E-state index contributed by atoms with van der Waals surface area (Å²) in [5, 5.41) is 0. The molecule has 0 aromatic heterocycles. The smallest absolute Gasteiger partial charge is 0.0716 e. The molecular weight excluding hydrogens is 352 g/mol. The summed E-state index contributed by atoms with van der Waals surface area (Å²) >= 11 is 0. The molecule has 0 radical (unpaired) electrons. The monoisotopic (exact) mass is 388 g/mol. The Hall–Kier alpha value is -2.12. The highest BCUT2D eigenvalue weighted by Gasteiger charge is 2.21. The van der Waals surface area contributed by atoms with Gasteiger partial charge in [0, 0.05) is 6.61 Å². The first-order valence-electron chi connectivity index (χ1n) is 11.3. The number of unbranched alkanes of at least 4 members (excludes halogenated alkanes) is 1. The van der Waals surface area contributed by atoms with E-state index in [9.17, 15) is 0 Å². The van der Waals surface area contributed by atoms with Crippen LogP contribution >= 0.6 is 0 Å². The summed E-state index contributed by atoms with van der Waals surface area (Å²) in [5.74, 6) is 1.64. The molecular formula is C28H36O. The number of ether oxygens (including phenoxy) is 1. The Labute approximate surface area is 177 Å². The standard InChI is InChI=1S/C28H36O/c1-3-5-7-21-29-22-24-11-15-26(16-12-24)28-19-17-27(18-20-28)25-13-9-23(10-14-25)8-6-4-2/h3-4,6,11-12,15-20,23,25H,1,5,7-10,13-14,21-22H2,2H3. The lowest BCUT2D eigenvalue weighted by molar-refractivity contribution is 0.119. The molecule has 0 unspecified atom stereocenters. The van der Waals surface area contributed by atoms with E-state index in [1.165, 1.54) is 54.4 Å². The number of hydrogen-bond acceptors (Lipinski definition) is 1. The fourth-order valence-electron chi connectivity index (χ4n) is 4.32. The van der Waals surface area contributed by atoms with Crippen LogP contribution in [0.1, 0.15) is 68.9 Å². The summed E-state index contributed by atoms with van der Waals surface area (Å²) in [6.07, 6.45) is 15.2. The molecule has 2 aromatic carbocycles. The molecule has 0 saturated heterocycles. The van der Waals surface area contributed by atoms with Gasteiger partial charge in [0.1, 0.15) is 0 Å². The molecule has 1 fully saturated rings. The first-order chi connectivity index (χ1) is 14.3. The van der Waals surface area contributed by atoms with Gasteiger partial charge in [-0.3, -0.25) is 0 Å². The predicted octanol–water partition coefficient (Wildman–Crippen LogP) is 8.08. The van der Waals surface area contributed by atoms with Gasteiger partial charge in [0.05, 0.1) is 6.61 Å². The fourth-order valence-corrected chi connectivity index (χ4v) is 4.32. The van der Waals surface area contributed by atoms with Crippen LogP contribution in [0.15, 0.2) is 73.3 Å². The molecule has 0 spiro atoms.